The second-order valence-corrected chi connectivity index (χ2v) is 9.89. The summed E-state index contributed by atoms with van der Waals surface area (Å²) in [5.74, 6) is -2.17. The topological polar surface area (TPSA) is 64.3 Å². The van der Waals surface area contributed by atoms with Crippen molar-refractivity contribution in [2.45, 2.75) is 38.6 Å². The number of benzene rings is 2. The fourth-order valence-electron chi connectivity index (χ4n) is 4.66. The van der Waals surface area contributed by atoms with Crippen LogP contribution in [0.15, 0.2) is 36.4 Å². The summed E-state index contributed by atoms with van der Waals surface area (Å²) in [6.45, 7) is 5.79. The predicted octanol–water partition coefficient (Wildman–Crippen LogP) is 6.82. The van der Waals surface area contributed by atoms with Crippen molar-refractivity contribution < 1.29 is 18.7 Å². The summed E-state index contributed by atoms with van der Waals surface area (Å²) in [7, 11) is 0. The number of hydrogen-bond donors (Lipinski definition) is 1. The number of likely N-dealkylation sites (tertiary alicyclic amines) is 1. The maximum absolute atomic E-state index is 15.2. The molecule has 1 N–H and O–H groups in total. The van der Waals surface area contributed by atoms with Crippen LogP contribution in [0.2, 0.25) is 10.0 Å². The van der Waals surface area contributed by atoms with E-state index in [1.165, 1.54) is 30.3 Å². The number of amides is 1. The van der Waals surface area contributed by atoms with Crippen molar-refractivity contribution in [3.63, 3.8) is 0 Å². The van der Waals surface area contributed by atoms with Gasteiger partial charge in [-0.2, -0.15) is 5.26 Å². The third kappa shape index (κ3) is 4.09. The van der Waals surface area contributed by atoms with E-state index in [4.69, 9.17) is 23.2 Å². The van der Waals surface area contributed by atoms with Crippen LogP contribution in [-0.4, -0.2) is 22.6 Å². The normalized spacial score (nSPS) is 23.6. The molecule has 0 unspecified atom stereocenters. The van der Waals surface area contributed by atoms with E-state index < -0.39 is 35.1 Å². The van der Waals surface area contributed by atoms with E-state index in [1.807, 2.05) is 20.8 Å². The summed E-state index contributed by atoms with van der Waals surface area (Å²) in [6.07, 6.45) is -0.916. The maximum Gasteiger partial charge on any atom is 0.407 e. The molecule has 0 saturated carbocycles. The van der Waals surface area contributed by atoms with E-state index in [0.29, 0.717) is 6.42 Å². The van der Waals surface area contributed by atoms with Crippen molar-refractivity contribution in [3.8, 4) is 6.07 Å². The monoisotopic (exact) mass is 466 g/mol. The Morgan fingerprint density at radius 1 is 1.29 bits per heavy atom. The Labute approximate surface area is 190 Å². The number of nitriles is 1. The Kier molecular flexibility index (Phi) is 6.23. The summed E-state index contributed by atoms with van der Waals surface area (Å²) in [5.41, 5.74) is -2.07. The minimum atomic E-state index is -1.69. The first kappa shape index (κ1) is 23.3. The van der Waals surface area contributed by atoms with Gasteiger partial charge in [0, 0.05) is 28.6 Å². The highest BCUT2D eigenvalue weighted by Gasteiger charge is 2.60. The molecule has 2 aromatic carbocycles. The third-order valence-corrected chi connectivity index (χ3v) is 6.27. The van der Waals surface area contributed by atoms with Crippen LogP contribution in [0.25, 0.3) is 0 Å². The number of carbonyl (C=O) groups is 1. The molecule has 3 rings (SSSR count). The van der Waals surface area contributed by atoms with Gasteiger partial charge in [0.15, 0.2) is 0 Å². The lowest BCUT2D eigenvalue weighted by molar-refractivity contribution is 0.133. The predicted molar refractivity (Wildman–Crippen MR) is 115 cm³/mol. The zero-order valence-electron chi connectivity index (χ0n) is 17.3. The van der Waals surface area contributed by atoms with Gasteiger partial charge in [-0.3, -0.25) is 4.90 Å². The molecule has 8 heteroatoms. The van der Waals surface area contributed by atoms with E-state index in [-0.39, 0.29) is 33.1 Å². The molecule has 2 aromatic rings. The molecule has 0 aromatic heterocycles. The molecule has 1 fully saturated rings. The van der Waals surface area contributed by atoms with Gasteiger partial charge in [0.2, 0.25) is 0 Å². The minimum absolute atomic E-state index is 0.0122. The quantitative estimate of drug-likeness (QED) is 0.539. The van der Waals surface area contributed by atoms with Gasteiger partial charge in [-0.25, -0.2) is 13.6 Å². The number of rotatable bonds is 3. The lowest BCUT2D eigenvalue weighted by Crippen LogP contribution is -2.40. The fourth-order valence-corrected chi connectivity index (χ4v) is 5.00. The minimum Gasteiger partial charge on any atom is -0.465 e. The third-order valence-electron chi connectivity index (χ3n) is 5.75. The Bertz CT molecular complexity index is 1060. The highest BCUT2D eigenvalue weighted by atomic mass is 35.5. The average molecular weight is 467 g/mol. The average Bonchev–Trinajstić information content (AvgIpc) is 2.97. The van der Waals surface area contributed by atoms with E-state index in [1.54, 1.807) is 0 Å². The molecule has 1 aliphatic heterocycles. The van der Waals surface area contributed by atoms with Gasteiger partial charge in [-0.1, -0.05) is 62.2 Å². The van der Waals surface area contributed by atoms with Crippen molar-refractivity contribution >= 4 is 29.3 Å². The zero-order valence-corrected chi connectivity index (χ0v) is 18.8. The first-order valence-electron chi connectivity index (χ1n) is 9.72. The molecular formula is C23H22Cl2F2N2O2. The second-order valence-electron chi connectivity index (χ2n) is 9.05. The Balaban J connectivity index is 2.38. The number of carboxylic acid groups (broad SMARTS) is 1. The fraction of sp³-hybridized carbons (Fsp3) is 0.391. The van der Waals surface area contributed by atoms with Crippen LogP contribution >= 0.6 is 23.2 Å². The van der Waals surface area contributed by atoms with E-state index in [9.17, 15) is 15.2 Å². The van der Waals surface area contributed by atoms with Crippen LogP contribution in [0.5, 0.6) is 0 Å². The van der Waals surface area contributed by atoms with Crippen LogP contribution in [-0.2, 0) is 5.41 Å². The van der Waals surface area contributed by atoms with Crippen molar-refractivity contribution in [2.24, 2.45) is 11.3 Å². The van der Waals surface area contributed by atoms with Crippen molar-refractivity contribution in [1.29, 1.82) is 5.26 Å². The summed E-state index contributed by atoms with van der Waals surface area (Å²) >= 11 is 11.9. The molecule has 0 bridgehead atoms. The number of nitrogens with zero attached hydrogens (tertiary/aromatic N) is 2. The standard InChI is InChI=1S/C23H22Cl2F2N2O2/c1-22(2,3)10-13-11-29(21(30)31)20(15-5-4-6-17(25)19(15)27)23(13,12-28)16-8-7-14(24)9-18(16)26/h4-9,13,20H,10-11H2,1-3H3,(H,30,31)/t13-,20-,23-/m0/s1. The van der Waals surface area contributed by atoms with Crippen LogP contribution in [0.3, 0.4) is 0 Å². The van der Waals surface area contributed by atoms with E-state index in [0.717, 1.165) is 11.0 Å². The second kappa shape index (κ2) is 8.29. The van der Waals surface area contributed by atoms with Gasteiger partial charge >= 0.3 is 6.09 Å². The molecule has 1 saturated heterocycles. The first-order chi connectivity index (χ1) is 14.4. The van der Waals surface area contributed by atoms with Crippen LogP contribution in [0.4, 0.5) is 13.6 Å². The van der Waals surface area contributed by atoms with Gasteiger partial charge in [0.25, 0.3) is 0 Å². The SMILES string of the molecule is CC(C)(C)C[C@H]1CN(C(=O)O)[C@@H](c2cccc(Cl)c2F)[C@]1(C#N)c1ccc(Cl)cc1F. The Morgan fingerprint density at radius 2 is 1.97 bits per heavy atom. The molecule has 1 aliphatic rings. The number of hydrogen-bond acceptors (Lipinski definition) is 2. The largest absolute Gasteiger partial charge is 0.465 e. The lowest BCUT2D eigenvalue weighted by Gasteiger charge is -2.37. The van der Waals surface area contributed by atoms with Crippen molar-refractivity contribution in [2.75, 3.05) is 6.54 Å². The van der Waals surface area contributed by atoms with Gasteiger partial charge in [0.1, 0.15) is 17.0 Å². The molecule has 164 valence electrons. The van der Waals surface area contributed by atoms with Gasteiger partial charge in [0.05, 0.1) is 17.1 Å². The molecule has 31 heavy (non-hydrogen) atoms. The lowest BCUT2D eigenvalue weighted by atomic mass is 9.63. The van der Waals surface area contributed by atoms with Gasteiger partial charge < -0.3 is 5.11 Å². The highest BCUT2D eigenvalue weighted by molar-refractivity contribution is 6.31. The Morgan fingerprint density at radius 3 is 2.52 bits per heavy atom. The molecule has 0 spiro atoms. The molecule has 0 aliphatic carbocycles. The van der Waals surface area contributed by atoms with E-state index >= 15 is 8.78 Å². The van der Waals surface area contributed by atoms with E-state index in [2.05, 4.69) is 6.07 Å². The summed E-state index contributed by atoms with van der Waals surface area (Å²) in [4.78, 5) is 13.2. The first-order valence-corrected chi connectivity index (χ1v) is 10.5. The van der Waals surface area contributed by atoms with Crippen molar-refractivity contribution in [1.82, 2.24) is 4.90 Å². The van der Waals surface area contributed by atoms with Crippen molar-refractivity contribution in [3.05, 3.63) is 69.2 Å². The molecule has 1 heterocycles. The summed E-state index contributed by atoms with van der Waals surface area (Å²) in [6, 6.07) is 9.04. The van der Waals surface area contributed by atoms with Crippen LogP contribution < -0.4 is 0 Å². The van der Waals surface area contributed by atoms with Crippen LogP contribution in [0.1, 0.15) is 44.4 Å². The maximum atomic E-state index is 15.2. The number of halogens is 4. The van der Waals surface area contributed by atoms with Gasteiger partial charge in [-0.15, -0.1) is 0 Å². The molecule has 3 atom stereocenters. The smallest absolute Gasteiger partial charge is 0.407 e. The van der Waals surface area contributed by atoms with Crippen LogP contribution in [0, 0.1) is 34.3 Å². The molecule has 1 amide bonds. The zero-order chi connectivity index (χ0) is 23.1. The summed E-state index contributed by atoms with van der Waals surface area (Å²) in [5, 5.41) is 20.4. The molecule has 0 radical (unpaired) electrons. The Hall–Kier alpha value is -2.36. The van der Waals surface area contributed by atoms with Gasteiger partial charge in [-0.05, 0) is 30.0 Å². The summed E-state index contributed by atoms with van der Waals surface area (Å²) < 4.78 is 30.4. The molecule has 4 nitrogen and oxygen atoms in total. The highest BCUT2D eigenvalue weighted by Crippen LogP contribution is 2.56. The molecular weight excluding hydrogens is 445 g/mol.